The molecule has 0 spiro atoms. The van der Waals surface area contributed by atoms with Gasteiger partial charge in [-0.15, -0.1) is 0 Å². The highest BCUT2D eigenvalue weighted by Gasteiger charge is 2.17. The predicted molar refractivity (Wildman–Crippen MR) is 123 cm³/mol. The smallest absolute Gasteiger partial charge is 0.341 e. The molecule has 0 fully saturated rings. The number of benzene rings is 2. The zero-order valence-corrected chi connectivity index (χ0v) is 18.7. The fourth-order valence-corrected chi connectivity index (χ4v) is 3.75. The molecule has 1 amide bonds. The van der Waals surface area contributed by atoms with Gasteiger partial charge in [0.25, 0.3) is 0 Å². The minimum Gasteiger partial charge on any atom is -0.458 e. The standard InChI is InChI=1S/C24H20N2O7S/c27-21(26-17-8-9-19-20(13-17)33-15-32-19)14-34-22-18(7-4-10-25-22)24(29)31-12-11-30-23(28)16-5-2-1-3-6-16/h1-10,13H,11-12,14-15H2,(H,26,27). The summed E-state index contributed by atoms with van der Waals surface area (Å²) in [4.78, 5) is 40.9. The van der Waals surface area contributed by atoms with E-state index in [-0.39, 0.29) is 37.2 Å². The number of rotatable bonds is 9. The van der Waals surface area contributed by atoms with Gasteiger partial charge in [0.1, 0.15) is 18.2 Å². The van der Waals surface area contributed by atoms with Crippen LogP contribution in [0.4, 0.5) is 5.69 Å². The molecule has 1 aromatic heterocycles. The Morgan fingerprint density at radius 1 is 0.912 bits per heavy atom. The highest BCUT2D eigenvalue weighted by Crippen LogP contribution is 2.34. The van der Waals surface area contributed by atoms with E-state index in [1.54, 1.807) is 60.7 Å². The van der Waals surface area contributed by atoms with E-state index in [0.717, 1.165) is 11.8 Å². The molecule has 2 heterocycles. The van der Waals surface area contributed by atoms with Crippen molar-refractivity contribution in [1.29, 1.82) is 0 Å². The molecule has 0 atom stereocenters. The number of hydrogen-bond acceptors (Lipinski definition) is 9. The quantitative estimate of drug-likeness (QED) is 0.279. The van der Waals surface area contributed by atoms with Crippen LogP contribution in [0.5, 0.6) is 11.5 Å². The molecule has 34 heavy (non-hydrogen) atoms. The molecule has 10 heteroatoms. The maximum Gasteiger partial charge on any atom is 0.341 e. The monoisotopic (exact) mass is 480 g/mol. The lowest BCUT2D eigenvalue weighted by molar-refractivity contribution is -0.113. The third-order valence-electron chi connectivity index (χ3n) is 4.55. The topological polar surface area (TPSA) is 113 Å². The van der Waals surface area contributed by atoms with Crippen LogP contribution < -0.4 is 14.8 Å². The summed E-state index contributed by atoms with van der Waals surface area (Å²) >= 11 is 1.10. The SMILES string of the molecule is O=C(CSc1ncccc1C(=O)OCCOC(=O)c1ccccc1)Nc1ccc2c(c1)OCO2. The molecule has 0 unspecified atom stereocenters. The first-order valence-electron chi connectivity index (χ1n) is 10.3. The van der Waals surface area contributed by atoms with Crippen molar-refractivity contribution in [2.24, 2.45) is 0 Å². The van der Waals surface area contributed by atoms with Gasteiger partial charge in [-0.05, 0) is 36.4 Å². The summed E-state index contributed by atoms with van der Waals surface area (Å²) in [5.41, 5.74) is 1.21. The summed E-state index contributed by atoms with van der Waals surface area (Å²) in [7, 11) is 0. The number of carbonyl (C=O) groups excluding carboxylic acids is 3. The fraction of sp³-hybridized carbons (Fsp3) is 0.167. The molecule has 0 aliphatic carbocycles. The fourth-order valence-electron chi connectivity index (χ4n) is 2.97. The molecule has 174 valence electrons. The van der Waals surface area contributed by atoms with Crippen molar-refractivity contribution in [3.63, 3.8) is 0 Å². The average molecular weight is 480 g/mol. The van der Waals surface area contributed by atoms with Gasteiger partial charge in [-0.1, -0.05) is 30.0 Å². The van der Waals surface area contributed by atoms with Gasteiger partial charge in [-0.2, -0.15) is 0 Å². The molecule has 1 N–H and O–H groups in total. The number of nitrogens with one attached hydrogen (secondary N) is 1. The van der Waals surface area contributed by atoms with E-state index in [2.05, 4.69) is 10.3 Å². The number of nitrogens with zero attached hydrogens (tertiary/aromatic N) is 1. The number of fused-ring (bicyclic) bond motifs is 1. The molecule has 1 aliphatic heterocycles. The summed E-state index contributed by atoms with van der Waals surface area (Å²) in [5.74, 6) is -0.180. The molecular weight excluding hydrogens is 460 g/mol. The summed E-state index contributed by atoms with van der Waals surface area (Å²) in [6, 6.07) is 16.8. The number of hydrogen-bond donors (Lipinski definition) is 1. The number of pyridine rings is 1. The number of carbonyl (C=O) groups is 3. The van der Waals surface area contributed by atoms with E-state index in [4.69, 9.17) is 18.9 Å². The summed E-state index contributed by atoms with van der Waals surface area (Å²) in [6.45, 7) is -0.0439. The van der Waals surface area contributed by atoms with Crippen LogP contribution in [-0.2, 0) is 14.3 Å². The van der Waals surface area contributed by atoms with Crippen molar-refractivity contribution in [3.05, 3.63) is 78.0 Å². The first-order valence-corrected chi connectivity index (χ1v) is 11.3. The van der Waals surface area contributed by atoms with Crippen LogP contribution in [0.1, 0.15) is 20.7 Å². The van der Waals surface area contributed by atoms with Gasteiger partial charge < -0.3 is 24.3 Å². The Balaban J connectivity index is 1.25. The zero-order chi connectivity index (χ0) is 23.8. The van der Waals surface area contributed by atoms with Crippen LogP contribution in [0.2, 0.25) is 0 Å². The Bertz CT molecular complexity index is 1190. The van der Waals surface area contributed by atoms with E-state index >= 15 is 0 Å². The van der Waals surface area contributed by atoms with E-state index in [1.807, 2.05) is 0 Å². The summed E-state index contributed by atoms with van der Waals surface area (Å²) in [5, 5.41) is 3.12. The number of aromatic nitrogens is 1. The van der Waals surface area contributed by atoms with Crippen LogP contribution in [0.15, 0.2) is 71.9 Å². The van der Waals surface area contributed by atoms with Crippen LogP contribution in [0, 0.1) is 0 Å². The van der Waals surface area contributed by atoms with Gasteiger partial charge in [0.05, 0.1) is 16.9 Å². The van der Waals surface area contributed by atoms with Crippen LogP contribution >= 0.6 is 11.8 Å². The molecule has 2 aromatic carbocycles. The highest BCUT2D eigenvalue weighted by molar-refractivity contribution is 8.00. The van der Waals surface area contributed by atoms with Crippen molar-refractivity contribution < 1.29 is 33.3 Å². The molecular formula is C24H20N2O7S. The minimum absolute atomic E-state index is 0.0282. The Kier molecular flexibility index (Phi) is 7.61. The Hall–Kier alpha value is -4.05. The first-order chi connectivity index (χ1) is 16.6. The third kappa shape index (κ3) is 6.04. The second-order valence-corrected chi connectivity index (χ2v) is 7.86. The minimum atomic E-state index is -0.623. The van der Waals surface area contributed by atoms with Crippen LogP contribution in [-0.4, -0.2) is 48.6 Å². The number of thioether (sulfide) groups is 1. The maximum atomic E-state index is 12.5. The summed E-state index contributed by atoms with van der Waals surface area (Å²) < 4.78 is 20.9. The molecule has 1 aliphatic rings. The van der Waals surface area contributed by atoms with Gasteiger partial charge in [-0.25, -0.2) is 14.6 Å². The van der Waals surface area contributed by atoms with Gasteiger partial charge in [0.2, 0.25) is 12.7 Å². The van der Waals surface area contributed by atoms with E-state index in [9.17, 15) is 14.4 Å². The van der Waals surface area contributed by atoms with Gasteiger partial charge in [0.15, 0.2) is 11.5 Å². The second kappa shape index (κ2) is 11.2. The van der Waals surface area contributed by atoms with Crippen molar-refractivity contribution >= 4 is 35.3 Å². The van der Waals surface area contributed by atoms with Crippen LogP contribution in [0.3, 0.4) is 0 Å². The number of amides is 1. The lowest BCUT2D eigenvalue weighted by atomic mass is 10.2. The normalized spacial score (nSPS) is 11.5. The van der Waals surface area contributed by atoms with Crippen molar-refractivity contribution in [2.75, 3.05) is 31.1 Å². The average Bonchev–Trinajstić information content (AvgIpc) is 3.34. The lowest BCUT2D eigenvalue weighted by Gasteiger charge is -2.10. The largest absolute Gasteiger partial charge is 0.458 e. The van der Waals surface area contributed by atoms with E-state index in [1.165, 1.54) is 6.20 Å². The third-order valence-corrected chi connectivity index (χ3v) is 5.55. The zero-order valence-electron chi connectivity index (χ0n) is 17.9. The molecule has 0 saturated carbocycles. The van der Waals surface area contributed by atoms with Crippen molar-refractivity contribution in [2.45, 2.75) is 5.03 Å². The molecule has 0 bridgehead atoms. The summed E-state index contributed by atoms with van der Waals surface area (Å²) in [6.07, 6.45) is 1.52. The number of ether oxygens (including phenoxy) is 4. The first kappa shape index (κ1) is 23.1. The van der Waals surface area contributed by atoms with Crippen molar-refractivity contribution in [1.82, 2.24) is 4.98 Å². The Labute approximate surface area is 199 Å². The molecule has 3 aromatic rings. The second-order valence-electron chi connectivity index (χ2n) is 6.90. The Morgan fingerprint density at radius 3 is 2.50 bits per heavy atom. The number of esters is 2. The molecule has 9 nitrogen and oxygen atoms in total. The van der Waals surface area contributed by atoms with Crippen LogP contribution in [0.25, 0.3) is 0 Å². The molecule has 4 rings (SSSR count). The van der Waals surface area contributed by atoms with Crippen molar-refractivity contribution in [3.8, 4) is 11.5 Å². The lowest BCUT2D eigenvalue weighted by Crippen LogP contribution is -2.16. The van der Waals surface area contributed by atoms with E-state index < -0.39 is 11.9 Å². The highest BCUT2D eigenvalue weighted by atomic mass is 32.2. The Morgan fingerprint density at radius 2 is 1.68 bits per heavy atom. The molecule has 0 radical (unpaired) electrons. The van der Waals surface area contributed by atoms with E-state index in [0.29, 0.717) is 27.8 Å². The van der Waals surface area contributed by atoms with Gasteiger partial charge >= 0.3 is 11.9 Å². The number of anilines is 1. The van der Waals surface area contributed by atoms with Gasteiger partial charge in [0, 0.05) is 18.0 Å². The molecule has 0 saturated heterocycles. The maximum absolute atomic E-state index is 12.5. The van der Waals surface area contributed by atoms with Gasteiger partial charge in [-0.3, -0.25) is 4.79 Å². The predicted octanol–water partition coefficient (Wildman–Crippen LogP) is 3.55.